The molecule has 0 spiro atoms. The number of nitriles is 4. The standard InChI is InChI=1S/C10H4N6/c11-2-6-1-7(3-12)10(15)16-9(6)8(4-13)5-14/h1,16H,15H2. The van der Waals surface area contributed by atoms with Crippen molar-refractivity contribution in [3.63, 3.8) is 0 Å². The largest absolute Gasteiger partial charge is 0.384 e. The average molecular weight is 208 g/mol. The zero-order valence-corrected chi connectivity index (χ0v) is 7.94. The summed E-state index contributed by atoms with van der Waals surface area (Å²) in [5, 5.41) is 37.3. The molecule has 0 amide bonds. The van der Waals surface area contributed by atoms with Crippen LogP contribution in [0.5, 0.6) is 0 Å². The molecule has 3 N–H and O–H groups in total. The molecule has 0 aromatic carbocycles. The Labute approximate surface area is 91.4 Å². The second-order valence-corrected chi connectivity index (χ2v) is 2.71. The topological polar surface area (TPSA) is 133 Å². The zero-order valence-electron chi connectivity index (χ0n) is 7.94. The summed E-state index contributed by atoms with van der Waals surface area (Å²) in [5.74, 6) is 0.0134. The number of hydrogen-bond donors (Lipinski definition) is 2. The highest BCUT2D eigenvalue weighted by atomic mass is 15.0. The summed E-state index contributed by atoms with van der Waals surface area (Å²) < 4.78 is 0. The van der Waals surface area contributed by atoms with Gasteiger partial charge in [0.15, 0.2) is 5.57 Å². The Hall–Kier alpha value is -3.22. The first-order chi connectivity index (χ1) is 7.67. The zero-order chi connectivity index (χ0) is 12.1. The van der Waals surface area contributed by atoms with Gasteiger partial charge in [0, 0.05) is 0 Å². The number of hydrogen-bond acceptors (Lipinski definition) is 6. The van der Waals surface area contributed by atoms with Crippen LogP contribution in [-0.2, 0) is 0 Å². The van der Waals surface area contributed by atoms with Crippen LogP contribution in [0.25, 0.3) is 0 Å². The minimum atomic E-state index is -0.257. The molecule has 0 fully saturated rings. The third kappa shape index (κ3) is 1.68. The van der Waals surface area contributed by atoms with Gasteiger partial charge in [0.2, 0.25) is 0 Å². The van der Waals surface area contributed by atoms with Gasteiger partial charge in [0.05, 0.1) is 16.8 Å². The van der Waals surface area contributed by atoms with Gasteiger partial charge < -0.3 is 11.1 Å². The number of allylic oxidation sites excluding steroid dienone is 4. The number of rotatable bonds is 0. The van der Waals surface area contributed by atoms with Crippen LogP contribution in [0.15, 0.2) is 34.3 Å². The summed E-state index contributed by atoms with van der Waals surface area (Å²) in [6, 6.07) is 6.86. The van der Waals surface area contributed by atoms with Crippen molar-refractivity contribution in [1.29, 1.82) is 21.0 Å². The Morgan fingerprint density at radius 1 is 1.12 bits per heavy atom. The predicted octanol–water partition coefficient (Wildman–Crippen LogP) is 0.0347. The SMILES string of the molecule is N#CC1=CC(C#N)=C(N)NC1=C(C#N)C#N. The summed E-state index contributed by atoms with van der Waals surface area (Å²) >= 11 is 0. The van der Waals surface area contributed by atoms with E-state index in [0.717, 1.165) is 0 Å². The lowest BCUT2D eigenvalue weighted by Crippen LogP contribution is -2.26. The van der Waals surface area contributed by atoms with Crippen molar-refractivity contribution in [2.24, 2.45) is 5.73 Å². The van der Waals surface area contributed by atoms with E-state index in [1.165, 1.54) is 6.08 Å². The van der Waals surface area contributed by atoms with Gasteiger partial charge in [-0.1, -0.05) is 0 Å². The highest BCUT2D eigenvalue weighted by Gasteiger charge is 2.19. The fourth-order valence-electron chi connectivity index (χ4n) is 1.08. The Kier molecular flexibility index (Phi) is 2.94. The molecule has 0 aliphatic carbocycles. The van der Waals surface area contributed by atoms with E-state index >= 15 is 0 Å². The Morgan fingerprint density at radius 2 is 1.75 bits per heavy atom. The normalized spacial score (nSPS) is 13.5. The lowest BCUT2D eigenvalue weighted by molar-refractivity contribution is 0.931. The van der Waals surface area contributed by atoms with Gasteiger partial charge in [-0.25, -0.2) is 0 Å². The number of dihydropyridines is 1. The van der Waals surface area contributed by atoms with Crippen molar-refractivity contribution in [3.8, 4) is 24.3 Å². The van der Waals surface area contributed by atoms with Gasteiger partial charge in [-0.15, -0.1) is 0 Å². The molecular formula is C10H4N6. The summed E-state index contributed by atoms with van der Waals surface area (Å²) in [7, 11) is 0. The van der Waals surface area contributed by atoms with Crippen molar-refractivity contribution in [3.05, 3.63) is 34.3 Å². The molecule has 1 rings (SSSR count). The number of nitrogens with two attached hydrogens (primary N) is 1. The molecule has 0 aromatic heterocycles. The second-order valence-electron chi connectivity index (χ2n) is 2.71. The molecule has 0 radical (unpaired) electrons. The molecule has 0 bridgehead atoms. The fraction of sp³-hybridized carbons (Fsp3) is 0. The third-order valence-corrected chi connectivity index (χ3v) is 1.82. The van der Waals surface area contributed by atoms with Crippen molar-refractivity contribution < 1.29 is 0 Å². The first-order valence-corrected chi connectivity index (χ1v) is 4.01. The lowest BCUT2D eigenvalue weighted by atomic mass is 10.0. The van der Waals surface area contributed by atoms with E-state index in [2.05, 4.69) is 5.32 Å². The molecule has 1 aliphatic rings. The maximum absolute atomic E-state index is 8.82. The predicted molar refractivity (Wildman–Crippen MR) is 51.9 cm³/mol. The van der Waals surface area contributed by atoms with E-state index in [1.54, 1.807) is 24.3 Å². The highest BCUT2D eigenvalue weighted by Crippen LogP contribution is 2.19. The van der Waals surface area contributed by atoms with Crippen molar-refractivity contribution >= 4 is 0 Å². The maximum atomic E-state index is 8.82. The van der Waals surface area contributed by atoms with E-state index in [9.17, 15) is 0 Å². The van der Waals surface area contributed by atoms with Crippen LogP contribution in [0.4, 0.5) is 0 Å². The van der Waals surface area contributed by atoms with Crippen LogP contribution in [-0.4, -0.2) is 0 Å². The highest BCUT2D eigenvalue weighted by molar-refractivity contribution is 5.60. The molecule has 74 valence electrons. The van der Waals surface area contributed by atoms with Crippen molar-refractivity contribution in [2.45, 2.75) is 0 Å². The molecule has 1 heterocycles. The monoisotopic (exact) mass is 208 g/mol. The molecule has 0 atom stereocenters. The van der Waals surface area contributed by atoms with Gasteiger partial charge in [-0.05, 0) is 6.08 Å². The first kappa shape index (κ1) is 10.9. The molecule has 0 saturated heterocycles. The van der Waals surface area contributed by atoms with Crippen LogP contribution >= 0.6 is 0 Å². The summed E-state index contributed by atoms with van der Waals surface area (Å²) in [6.45, 7) is 0. The van der Waals surface area contributed by atoms with E-state index in [4.69, 9.17) is 26.8 Å². The lowest BCUT2D eigenvalue weighted by Gasteiger charge is -2.15. The van der Waals surface area contributed by atoms with E-state index in [-0.39, 0.29) is 28.2 Å². The summed E-state index contributed by atoms with van der Waals surface area (Å²) in [4.78, 5) is 0. The molecule has 6 nitrogen and oxygen atoms in total. The quantitative estimate of drug-likeness (QED) is 0.539. The van der Waals surface area contributed by atoms with Crippen LogP contribution < -0.4 is 11.1 Å². The van der Waals surface area contributed by atoms with Gasteiger partial charge >= 0.3 is 0 Å². The second kappa shape index (κ2) is 4.33. The minimum absolute atomic E-state index is 0.0134. The van der Waals surface area contributed by atoms with Crippen LogP contribution in [0, 0.1) is 45.3 Å². The van der Waals surface area contributed by atoms with Crippen LogP contribution in [0.1, 0.15) is 0 Å². The molecule has 16 heavy (non-hydrogen) atoms. The average Bonchev–Trinajstić information content (AvgIpc) is 2.31. The van der Waals surface area contributed by atoms with Gasteiger partial charge in [-0.2, -0.15) is 21.0 Å². The molecule has 0 unspecified atom stereocenters. The Morgan fingerprint density at radius 3 is 2.19 bits per heavy atom. The maximum Gasteiger partial charge on any atom is 0.154 e. The summed E-state index contributed by atoms with van der Waals surface area (Å²) in [6.07, 6.45) is 1.23. The smallest absolute Gasteiger partial charge is 0.154 e. The Balaban J connectivity index is 3.44. The molecule has 0 saturated carbocycles. The minimum Gasteiger partial charge on any atom is -0.384 e. The van der Waals surface area contributed by atoms with Crippen LogP contribution in [0.3, 0.4) is 0 Å². The van der Waals surface area contributed by atoms with Gasteiger partial charge in [0.25, 0.3) is 0 Å². The summed E-state index contributed by atoms with van der Waals surface area (Å²) in [5.41, 5.74) is 5.38. The van der Waals surface area contributed by atoms with E-state index in [1.807, 2.05) is 0 Å². The van der Waals surface area contributed by atoms with E-state index < -0.39 is 0 Å². The molecule has 1 aliphatic heterocycles. The van der Waals surface area contributed by atoms with Gasteiger partial charge in [-0.3, -0.25) is 0 Å². The van der Waals surface area contributed by atoms with Crippen molar-refractivity contribution in [2.75, 3.05) is 0 Å². The Bertz CT molecular complexity index is 575. The van der Waals surface area contributed by atoms with E-state index in [0.29, 0.717) is 0 Å². The van der Waals surface area contributed by atoms with Crippen molar-refractivity contribution in [1.82, 2.24) is 5.32 Å². The molecule has 6 heteroatoms. The fourth-order valence-corrected chi connectivity index (χ4v) is 1.08. The number of nitrogens with zero attached hydrogens (tertiary/aromatic N) is 4. The molecular weight excluding hydrogens is 204 g/mol. The number of nitrogens with one attached hydrogen (secondary N) is 1. The van der Waals surface area contributed by atoms with Gasteiger partial charge in [0.1, 0.15) is 30.1 Å². The molecule has 0 aromatic rings. The van der Waals surface area contributed by atoms with Crippen LogP contribution in [0.2, 0.25) is 0 Å². The first-order valence-electron chi connectivity index (χ1n) is 4.01. The third-order valence-electron chi connectivity index (χ3n) is 1.82.